The number of nitrogens with one attached hydrogen (secondary N) is 2. The molecular weight excluding hydrogens is 144 g/mol. The molecule has 1 rings (SSSR count). The molecule has 0 atom stereocenters. The molecule has 1 heterocycles. The van der Waals surface area contributed by atoms with Gasteiger partial charge in [0.2, 0.25) is 5.43 Å². The largest absolute Gasteiger partial charge is 0.310 e. The van der Waals surface area contributed by atoms with Crippen molar-refractivity contribution in [3.8, 4) is 0 Å². The van der Waals surface area contributed by atoms with Crippen LogP contribution in [0.2, 0.25) is 0 Å². The van der Waals surface area contributed by atoms with E-state index in [0.29, 0.717) is 5.69 Å². The van der Waals surface area contributed by atoms with Crippen LogP contribution >= 0.6 is 0 Å². The Kier molecular flexibility index (Phi) is 3.95. The zero-order valence-corrected chi connectivity index (χ0v) is 6.89. The van der Waals surface area contributed by atoms with E-state index in [0.717, 1.165) is 0 Å². The van der Waals surface area contributed by atoms with E-state index in [4.69, 9.17) is 0 Å². The molecule has 0 aliphatic rings. The van der Waals surface area contributed by atoms with Gasteiger partial charge in [-0.2, -0.15) is 0 Å². The zero-order valence-electron chi connectivity index (χ0n) is 6.89. The van der Waals surface area contributed by atoms with Gasteiger partial charge in [0.15, 0.2) is 0 Å². The molecule has 62 valence electrons. The van der Waals surface area contributed by atoms with E-state index in [1.807, 2.05) is 13.8 Å². The number of hydrogen-bond acceptors (Lipinski definition) is 2. The number of aromatic nitrogens is 2. The Labute approximate surface area is 64.3 Å². The van der Waals surface area contributed by atoms with Crippen LogP contribution in [0.4, 0.5) is 0 Å². The molecule has 2 N–H and O–H groups in total. The summed E-state index contributed by atoms with van der Waals surface area (Å²) < 4.78 is 0. The van der Waals surface area contributed by atoms with Crippen molar-refractivity contribution in [1.82, 2.24) is 10.2 Å². The van der Waals surface area contributed by atoms with Gasteiger partial charge in [-0.05, 0) is 6.92 Å². The molecule has 0 aliphatic carbocycles. The van der Waals surface area contributed by atoms with Crippen molar-refractivity contribution in [2.75, 3.05) is 0 Å². The summed E-state index contributed by atoms with van der Waals surface area (Å²) in [5.41, 5.74) is -0.466. The molecule has 0 bridgehead atoms. The van der Waals surface area contributed by atoms with Gasteiger partial charge in [0, 0.05) is 11.8 Å². The summed E-state index contributed by atoms with van der Waals surface area (Å²) in [6.07, 6.45) is 0. The summed E-state index contributed by atoms with van der Waals surface area (Å²) in [6, 6.07) is 1.25. The van der Waals surface area contributed by atoms with Crippen molar-refractivity contribution in [2.24, 2.45) is 0 Å². The van der Waals surface area contributed by atoms with Crippen molar-refractivity contribution < 1.29 is 0 Å². The molecule has 4 heteroatoms. The first-order valence-corrected chi connectivity index (χ1v) is 3.49. The Morgan fingerprint density at radius 2 is 1.73 bits per heavy atom. The average molecular weight is 156 g/mol. The Hall–Kier alpha value is -1.32. The lowest BCUT2D eigenvalue weighted by Gasteiger charge is -1.86. The number of aryl methyl sites for hydroxylation is 1. The van der Waals surface area contributed by atoms with Gasteiger partial charge in [-0.3, -0.25) is 14.7 Å². The molecular formula is C7H12N2O2. The van der Waals surface area contributed by atoms with E-state index >= 15 is 0 Å². The lowest BCUT2D eigenvalue weighted by Crippen LogP contribution is -2.27. The molecule has 0 saturated carbocycles. The minimum Gasteiger partial charge on any atom is -0.303 e. The highest BCUT2D eigenvalue weighted by atomic mass is 16.2. The molecule has 0 amide bonds. The Morgan fingerprint density at radius 3 is 2.09 bits per heavy atom. The van der Waals surface area contributed by atoms with Crippen LogP contribution in [-0.4, -0.2) is 10.2 Å². The predicted octanol–water partition coefficient (Wildman–Crippen LogP) is 0.398. The summed E-state index contributed by atoms with van der Waals surface area (Å²) in [7, 11) is 0. The van der Waals surface area contributed by atoms with Crippen LogP contribution in [0.3, 0.4) is 0 Å². The standard InChI is InChI=1S/C5H6N2O2.C2H6/c1-3-2-4(8)5(9)7-6-3;1-2/h2H,1H3,(H,6,8)(H,7,9);1-2H3. The highest BCUT2D eigenvalue weighted by Gasteiger charge is 1.89. The first-order valence-electron chi connectivity index (χ1n) is 3.49. The fraction of sp³-hybridized carbons (Fsp3) is 0.429. The normalized spacial score (nSPS) is 8.27. The molecule has 0 fully saturated rings. The average Bonchev–Trinajstić information content (AvgIpc) is 2.02. The SMILES string of the molecule is CC.Cc1cc(=O)c(=O)[nH][nH]1. The summed E-state index contributed by atoms with van der Waals surface area (Å²) in [4.78, 5) is 20.8. The molecule has 0 radical (unpaired) electrons. The second-order valence-corrected chi connectivity index (χ2v) is 1.77. The van der Waals surface area contributed by atoms with Crippen LogP contribution in [0.1, 0.15) is 19.5 Å². The maximum atomic E-state index is 10.5. The molecule has 4 nitrogen and oxygen atoms in total. The molecule has 1 aromatic heterocycles. The van der Waals surface area contributed by atoms with Crippen LogP contribution in [0.25, 0.3) is 0 Å². The fourth-order valence-electron chi connectivity index (χ4n) is 0.515. The van der Waals surface area contributed by atoms with Crippen LogP contribution in [-0.2, 0) is 0 Å². The van der Waals surface area contributed by atoms with E-state index in [1.165, 1.54) is 6.07 Å². The predicted molar refractivity (Wildman–Crippen MR) is 43.8 cm³/mol. The van der Waals surface area contributed by atoms with Gasteiger partial charge in [0.05, 0.1) is 0 Å². The summed E-state index contributed by atoms with van der Waals surface area (Å²) in [5, 5.41) is 4.68. The van der Waals surface area contributed by atoms with E-state index < -0.39 is 11.0 Å². The number of aromatic amines is 2. The number of hydrogen-bond donors (Lipinski definition) is 2. The lowest BCUT2D eigenvalue weighted by atomic mass is 10.4. The minimum absolute atomic E-state index is 0.508. The third kappa shape index (κ3) is 2.84. The smallest absolute Gasteiger partial charge is 0.303 e. The second kappa shape index (κ2) is 4.49. The molecule has 11 heavy (non-hydrogen) atoms. The summed E-state index contributed by atoms with van der Waals surface area (Å²) in [6.45, 7) is 5.69. The molecule has 1 aromatic rings. The summed E-state index contributed by atoms with van der Waals surface area (Å²) >= 11 is 0. The highest BCUT2D eigenvalue weighted by Crippen LogP contribution is 1.74. The van der Waals surface area contributed by atoms with E-state index in [2.05, 4.69) is 10.2 Å². The lowest BCUT2D eigenvalue weighted by molar-refractivity contribution is 0.931. The van der Waals surface area contributed by atoms with Crippen LogP contribution in [0.15, 0.2) is 15.7 Å². The van der Waals surface area contributed by atoms with Crippen molar-refractivity contribution in [1.29, 1.82) is 0 Å². The molecule has 0 aliphatic heterocycles. The van der Waals surface area contributed by atoms with Crippen LogP contribution in [0.5, 0.6) is 0 Å². The number of rotatable bonds is 0. The second-order valence-electron chi connectivity index (χ2n) is 1.77. The van der Waals surface area contributed by atoms with E-state index in [9.17, 15) is 9.59 Å². The number of H-pyrrole nitrogens is 2. The maximum Gasteiger partial charge on any atom is 0.310 e. The van der Waals surface area contributed by atoms with Crippen LogP contribution < -0.4 is 11.0 Å². The monoisotopic (exact) mass is 156 g/mol. The third-order valence-corrected chi connectivity index (χ3v) is 0.945. The first-order chi connectivity index (χ1) is 5.20. The molecule has 0 spiro atoms. The summed E-state index contributed by atoms with van der Waals surface area (Å²) in [5.74, 6) is 0. The third-order valence-electron chi connectivity index (χ3n) is 0.945. The molecule has 0 aromatic carbocycles. The molecule has 0 unspecified atom stereocenters. The Morgan fingerprint density at radius 1 is 1.18 bits per heavy atom. The quantitative estimate of drug-likeness (QED) is 0.534. The van der Waals surface area contributed by atoms with Gasteiger partial charge < -0.3 is 5.10 Å². The Balaban J connectivity index is 0.000000461. The Bertz CT molecular complexity index is 311. The van der Waals surface area contributed by atoms with Gasteiger partial charge in [0.1, 0.15) is 0 Å². The van der Waals surface area contributed by atoms with Gasteiger partial charge in [-0.15, -0.1) is 0 Å². The van der Waals surface area contributed by atoms with E-state index in [1.54, 1.807) is 6.92 Å². The van der Waals surface area contributed by atoms with Gasteiger partial charge in [0.25, 0.3) is 0 Å². The van der Waals surface area contributed by atoms with Crippen LogP contribution in [0, 0.1) is 6.92 Å². The van der Waals surface area contributed by atoms with Crippen molar-refractivity contribution >= 4 is 0 Å². The fourth-order valence-corrected chi connectivity index (χ4v) is 0.515. The van der Waals surface area contributed by atoms with Gasteiger partial charge >= 0.3 is 5.56 Å². The van der Waals surface area contributed by atoms with Crippen molar-refractivity contribution in [3.63, 3.8) is 0 Å². The minimum atomic E-state index is -0.611. The van der Waals surface area contributed by atoms with Gasteiger partial charge in [-0.1, -0.05) is 13.8 Å². The van der Waals surface area contributed by atoms with Crippen molar-refractivity contribution in [3.05, 3.63) is 32.3 Å². The molecule has 0 saturated heterocycles. The van der Waals surface area contributed by atoms with Gasteiger partial charge in [-0.25, -0.2) is 0 Å². The van der Waals surface area contributed by atoms with E-state index in [-0.39, 0.29) is 0 Å². The topological polar surface area (TPSA) is 65.7 Å². The van der Waals surface area contributed by atoms with Crippen molar-refractivity contribution in [2.45, 2.75) is 20.8 Å². The highest BCUT2D eigenvalue weighted by molar-refractivity contribution is 4.96. The zero-order chi connectivity index (χ0) is 8.85. The first kappa shape index (κ1) is 9.68. The maximum absolute atomic E-state index is 10.5.